The molecule has 0 bridgehead atoms. The zero-order chi connectivity index (χ0) is 12.3. The van der Waals surface area contributed by atoms with Crippen LogP contribution in [0.2, 0.25) is 0 Å². The molecule has 3 N–H and O–H groups in total. The highest BCUT2D eigenvalue weighted by molar-refractivity contribution is 5.94. The molecule has 1 amide bonds. The summed E-state index contributed by atoms with van der Waals surface area (Å²) in [5.41, 5.74) is 5.57. The lowest BCUT2D eigenvalue weighted by atomic mass is 10.2. The van der Waals surface area contributed by atoms with Gasteiger partial charge in [0, 0.05) is 18.2 Å². The Morgan fingerprint density at radius 2 is 2.29 bits per heavy atom. The smallest absolute Gasteiger partial charge is 0.251 e. The van der Waals surface area contributed by atoms with Crippen molar-refractivity contribution in [1.29, 1.82) is 0 Å². The predicted molar refractivity (Wildman–Crippen MR) is 61.4 cm³/mol. The predicted octanol–water partition coefficient (Wildman–Crippen LogP) is 1.06. The number of carbonyl (C=O) groups is 1. The first-order valence-electron chi connectivity index (χ1n) is 5.64. The molecule has 1 aliphatic carbocycles. The number of hydrogen-bond donors (Lipinski definition) is 2. The molecule has 0 atom stereocenters. The highest BCUT2D eigenvalue weighted by Crippen LogP contribution is 2.21. The van der Waals surface area contributed by atoms with Crippen LogP contribution in [0.25, 0.3) is 0 Å². The van der Waals surface area contributed by atoms with Crippen molar-refractivity contribution < 1.29 is 13.9 Å². The van der Waals surface area contributed by atoms with Gasteiger partial charge < -0.3 is 15.8 Å². The van der Waals surface area contributed by atoms with Gasteiger partial charge in [-0.05, 0) is 31.0 Å². The third-order valence-corrected chi connectivity index (χ3v) is 2.48. The van der Waals surface area contributed by atoms with Crippen LogP contribution in [0.1, 0.15) is 23.2 Å². The minimum Gasteiger partial charge on any atom is -0.489 e. The van der Waals surface area contributed by atoms with Gasteiger partial charge in [-0.3, -0.25) is 4.79 Å². The number of halogens is 1. The summed E-state index contributed by atoms with van der Waals surface area (Å²) in [5.74, 6) is -0.655. The SMILES string of the molecule is NCCOc1ccc(C(=O)NC2CC2)cc1F. The highest BCUT2D eigenvalue weighted by Gasteiger charge is 2.24. The van der Waals surface area contributed by atoms with E-state index < -0.39 is 5.82 Å². The number of rotatable bonds is 5. The lowest BCUT2D eigenvalue weighted by Gasteiger charge is -2.08. The first kappa shape index (κ1) is 11.9. The third-order valence-electron chi connectivity index (χ3n) is 2.48. The number of carbonyl (C=O) groups excluding carboxylic acids is 1. The highest BCUT2D eigenvalue weighted by atomic mass is 19.1. The van der Waals surface area contributed by atoms with E-state index in [0.29, 0.717) is 12.1 Å². The molecule has 5 heteroatoms. The minimum atomic E-state index is -0.540. The maximum absolute atomic E-state index is 13.5. The van der Waals surface area contributed by atoms with E-state index in [9.17, 15) is 9.18 Å². The van der Waals surface area contributed by atoms with Crippen molar-refractivity contribution in [2.45, 2.75) is 18.9 Å². The van der Waals surface area contributed by atoms with Crippen LogP contribution in [0.3, 0.4) is 0 Å². The van der Waals surface area contributed by atoms with E-state index in [4.69, 9.17) is 10.5 Å². The Balaban J connectivity index is 2.03. The molecule has 1 aliphatic rings. The van der Waals surface area contributed by atoms with Crippen molar-refractivity contribution >= 4 is 5.91 Å². The minimum absolute atomic E-state index is 0.124. The summed E-state index contributed by atoms with van der Waals surface area (Å²) in [6.45, 7) is 0.577. The monoisotopic (exact) mass is 238 g/mol. The van der Waals surface area contributed by atoms with Gasteiger partial charge in [-0.15, -0.1) is 0 Å². The van der Waals surface area contributed by atoms with Crippen LogP contribution in [0, 0.1) is 5.82 Å². The van der Waals surface area contributed by atoms with Gasteiger partial charge in [0.15, 0.2) is 11.6 Å². The summed E-state index contributed by atoms with van der Waals surface area (Å²) < 4.78 is 18.6. The van der Waals surface area contributed by atoms with Gasteiger partial charge in [0.05, 0.1) is 0 Å². The molecule has 17 heavy (non-hydrogen) atoms. The third kappa shape index (κ3) is 3.17. The fourth-order valence-electron chi connectivity index (χ4n) is 1.42. The molecule has 2 rings (SSSR count). The summed E-state index contributed by atoms with van der Waals surface area (Å²) >= 11 is 0. The number of nitrogens with one attached hydrogen (secondary N) is 1. The summed E-state index contributed by atoms with van der Waals surface area (Å²) in [7, 11) is 0. The molecule has 1 aromatic rings. The number of nitrogens with two attached hydrogens (primary N) is 1. The fourth-order valence-corrected chi connectivity index (χ4v) is 1.42. The van der Waals surface area contributed by atoms with Crippen LogP contribution < -0.4 is 15.8 Å². The van der Waals surface area contributed by atoms with Gasteiger partial charge in [-0.1, -0.05) is 0 Å². The molecule has 1 saturated carbocycles. The molecule has 0 saturated heterocycles. The standard InChI is InChI=1S/C12H15FN2O2/c13-10-7-8(12(16)15-9-2-3-9)1-4-11(10)17-6-5-14/h1,4,7,9H,2-3,5-6,14H2,(H,15,16). The van der Waals surface area contributed by atoms with Crippen molar-refractivity contribution in [1.82, 2.24) is 5.32 Å². The van der Waals surface area contributed by atoms with Gasteiger partial charge in [0.2, 0.25) is 0 Å². The Kier molecular flexibility index (Phi) is 3.58. The van der Waals surface area contributed by atoms with Crippen LogP contribution in [0.5, 0.6) is 5.75 Å². The molecule has 0 radical (unpaired) electrons. The van der Waals surface area contributed by atoms with E-state index in [1.54, 1.807) is 6.07 Å². The number of hydrogen-bond acceptors (Lipinski definition) is 3. The number of benzene rings is 1. The lowest BCUT2D eigenvalue weighted by molar-refractivity contribution is 0.0950. The molecule has 4 nitrogen and oxygen atoms in total. The van der Waals surface area contributed by atoms with E-state index >= 15 is 0 Å². The number of ether oxygens (including phenoxy) is 1. The Morgan fingerprint density at radius 1 is 1.53 bits per heavy atom. The molecule has 0 heterocycles. The van der Waals surface area contributed by atoms with Crippen LogP contribution >= 0.6 is 0 Å². The van der Waals surface area contributed by atoms with Crippen LogP contribution in [0.4, 0.5) is 4.39 Å². The Hall–Kier alpha value is -1.62. The zero-order valence-corrected chi connectivity index (χ0v) is 9.41. The van der Waals surface area contributed by atoms with Crippen molar-refractivity contribution in [3.8, 4) is 5.75 Å². The zero-order valence-electron chi connectivity index (χ0n) is 9.41. The quantitative estimate of drug-likeness (QED) is 0.806. The molecule has 0 spiro atoms. The van der Waals surface area contributed by atoms with Crippen molar-refractivity contribution in [3.63, 3.8) is 0 Å². The Labute approximate surface area is 98.9 Å². The molecule has 0 unspecified atom stereocenters. The summed E-state index contributed by atoms with van der Waals surface area (Å²) in [4.78, 5) is 11.6. The lowest BCUT2D eigenvalue weighted by Crippen LogP contribution is -2.25. The molecule has 1 fully saturated rings. The van der Waals surface area contributed by atoms with Crippen LogP contribution in [0.15, 0.2) is 18.2 Å². The maximum Gasteiger partial charge on any atom is 0.251 e. The fraction of sp³-hybridized carbons (Fsp3) is 0.417. The van der Waals surface area contributed by atoms with Gasteiger partial charge in [-0.2, -0.15) is 0 Å². The van der Waals surface area contributed by atoms with Gasteiger partial charge >= 0.3 is 0 Å². The van der Waals surface area contributed by atoms with Crippen molar-refractivity contribution in [3.05, 3.63) is 29.6 Å². The van der Waals surface area contributed by atoms with Crippen molar-refractivity contribution in [2.24, 2.45) is 5.73 Å². The van der Waals surface area contributed by atoms with E-state index in [1.807, 2.05) is 0 Å². The van der Waals surface area contributed by atoms with E-state index in [-0.39, 0.29) is 24.3 Å². The van der Waals surface area contributed by atoms with Gasteiger partial charge in [-0.25, -0.2) is 4.39 Å². The molecule has 0 aromatic heterocycles. The van der Waals surface area contributed by atoms with Crippen LogP contribution in [-0.4, -0.2) is 25.1 Å². The largest absolute Gasteiger partial charge is 0.489 e. The summed E-state index contributed by atoms with van der Waals surface area (Å²) in [5, 5.41) is 2.79. The second-order valence-corrected chi connectivity index (χ2v) is 4.03. The van der Waals surface area contributed by atoms with E-state index in [1.165, 1.54) is 12.1 Å². The molecule has 92 valence electrons. The number of amides is 1. The average molecular weight is 238 g/mol. The van der Waals surface area contributed by atoms with Crippen LogP contribution in [-0.2, 0) is 0 Å². The van der Waals surface area contributed by atoms with Gasteiger partial charge in [0.1, 0.15) is 6.61 Å². The maximum atomic E-state index is 13.5. The second kappa shape index (κ2) is 5.14. The summed E-state index contributed by atoms with van der Waals surface area (Å²) in [6.07, 6.45) is 2.01. The molecule has 0 aliphatic heterocycles. The second-order valence-electron chi connectivity index (χ2n) is 4.03. The molecular formula is C12H15FN2O2. The van der Waals surface area contributed by atoms with Gasteiger partial charge in [0.25, 0.3) is 5.91 Å². The average Bonchev–Trinajstić information content (AvgIpc) is 3.11. The normalized spacial score (nSPS) is 14.5. The van der Waals surface area contributed by atoms with Crippen molar-refractivity contribution in [2.75, 3.05) is 13.2 Å². The Bertz CT molecular complexity index is 419. The topological polar surface area (TPSA) is 64.3 Å². The molecule has 1 aromatic carbocycles. The van der Waals surface area contributed by atoms with E-state index in [0.717, 1.165) is 12.8 Å². The Morgan fingerprint density at radius 3 is 2.88 bits per heavy atom. The first-order chi connectivity index (χ1) is 8.20. The molecular weight excluding hydrogens is 223 g/mol. The van der Waals surface area contributed by atoms with E-state index in [2.05, 4.69) is 5.32 Å². The first-order valence-corrected chi connectivity index (χ1v) is 5.64. The summed E-state index contributed by atoms with van der Waals surface area (Å²) in [6, 6.07) is 4.45.